The fourth-order valence-electron chi connectivity index (χ4n) is 0.793. The highest BCUT2D eigenvalue weighted by atomic mass is 16.6. The van der Waals surface area contributed by atoms with E-state index in [4.69, 9.17) is 10.0 Å². The van der Waals surface area contributed by atoms with Crippen LogP contribution in [0.1, 0.15) is 27.7 Å². The molecule has 0 aliphatic rings. The molecule has 5 heteroatoms. The number of benzene rings is 1. The fourth-order valence-corrected chi connectivity index (χ4v) is 0.793. The molecule has 1 aromatic carbocycles. The van der Waals surface area contributed by atoms with E-state index in [0.717, 1.165) is 0 Å². The lowest BCUT2D eigenvalue weighted by atomic mass is 9.88. The van der Waals surface area contributed by atoms with Gasteiger partial charge in [-0.2, -0.15) is 0 Å². The van der Waals surface area contributed by atoms with Gasteiger partial charge in [0.2, 0.25) is 0 Å². The standard InChI is InChI=1S/C6H15BO4.C6H6/c1-5(2,8)6(3,4)11-7(9)10;1-2-4-6-5-3-1/h8-10H,1-4H3;1-6H. The second-order valence-corrected chi connectivity index (χ2v) is 4.67. The highest BCUT2D eigenvalue weighted by Gasteiger charge is 2.38. The zero-order valence-electron chi connectivity index (χ0n) is 10.8. The van der Waals surface area contributed by atoms with Gasteiger partial charge in [0, 0.05) is 0 Å². The Morgan fingerprint density at radius 3 is 1.24 bits per heavy atom. The molecule has 17 heavy (non-hydrogen) atoms. The summed E-state index contributed by atoms with van der Waals surface area (Å²) in [5.41, 5.74) is -2.10. The number of hydrogen-bond donors (Lipinski definition) is 3. The molecule has 0 radical (unpaired) electrons. The van der Waals surface area contributed by atoms with Gasteiger partial charge in [-0.3, -0.25) is 0 Å². The zero-order valence-corrected chi connectivity index (χ0v) is 10.8. The Morgan fingerprint density at radius 1 is 0.824 bits per heavy atom. The Morgan fingerprint density at radius 2 is 1.12 bits per heavy atom. The molecular formula is C12H21BO4. The van der Waals surface area contributed by atoms with Crippen LogP contribution in [0.3, 0.4) is 0 Å². The molecule has 3 N–H and O–H groups in total. The van der Waals surface area contributed by atoms with Crippen molar-refractivity contribution < 1.29 is 19.8 Å². The van der Waals surface area contributed by atoms with Crippen molar-refractivity contribution in [3.8, 4) is 0 Å². The van der Waals surface area contributed by atoms with Crippen molar-refractivity contribution in [1.82, 2.24) is 0 Å². The van der Waals surface area contributed by atoms with Gasteiger partial charge in [0.05, 0.1) is 11.2 Å². The van der Waals surface area contributed by atoms with Gasteiger partial charge in [-0.1, -0.05) is 36.4 Å². The zero-order chi connectivity index (χ0) is 13.5. The Labute approximate surface area is 103 Å². The molecule has 0 unspecified atom stereocenters. The van der Waals surface area contributed by atoms with Crippen LogP contribution in [0.25, 0.3) is 0 Å². The molecule has 0 spiro atoms. The summed E-state index contributed by atoms with van der Waals surface area (Å²) in [6.07, 6.45) is 0. The number of hydrogen-bond acceptors (Lipinski definition) is 4. The monoisotopic (exact) mass is 240 g/mol. The van der Waals surface area contributed by atoms with Crippen LogP contribution in [0.15, 0.2) is 36.4 Å². The van der Waals surface area contributed by atoms with E-state index in [1.54, 1.807) is 13.8 Å². The molecule has 1 aromatic rings. The van der Waals surface area contributed by atoms with Crippen LogP contribution in [0, 0.1) is 0 Å². The van der Waals surface area contributed by atoms with Crippen LogP contribution in [-0.2, 0) is 4.65 Å². The maximum absolute atomic E-state index is 9.45. The lowest BCUT2D eigenvalue weighted by Gasteiger charge is -2.37. The Bertz CT molecular complexity index is 266. The van der Waals surface area contributed by atoms with E-state index in [1.165, 1.54) is 13.8 Å². The minimum absolute atomic E-state index is 0.985. The lowest BCUT2D eigenvalue weighted by Crippen LogP contribution is -2.50. The SMILES string of the molecule is CC(C)(O)C(C)(C)OB(O)O.c1ccccc1. The van der Waals surface area contributed by atoms with E-state index in [2.05, 4.69) is 4.65 Å². The summed E-state index contributed by atoms with van der Waals surface area (Å²) in [5.74, 6) is 0. The third-order valence-electron chi connectivity index (χ3n) is 2.54. The van der Waals surface area contributed by atoms with Gasteiger partial charge in [-0.15, -0.1) is 0 Å². The molecule has 1 rings (SSSR count). The first-order valence-corrected chi connectivity index (χ1v) is 5.43. The molecule has 0 saturated heterocycles. The van der Waals surface area contributed by atoms with Crippen LogP contribution < -0.4 is 0 Å². The van der Waals surface area contributed by atoms with Crippen LogP contribution in [0.5, 0.6) is 0 Å². The summed E-state index contributed by atoms with van der Waals surface area (Å²) in [4.78, 5) is 0. The number of rotatable bonds is 3. The quantitative estimate of drug-likeness (QED) is 0.694. The van der Waals surface area contributed by atoms with Crippen LogP contribution in [0.4, 0.5) is 0 Å². The van der Waals surface area contributed by atoms with E-state index in [9.17, 15) is 5.11 Å². The average Bonchev–Trinajstić information content (AvgIpc) is 2.17. The molecule has 96 valence electrons. The van der Waals surface area contributed by atoms with Crippen LogP contribution in [0.2, 0.25) is 0 Å². The van der Waals surface area contributed by atoms with Gasteiger partial charge in [-0.05, 0) is 27.7 Å². The predicted molar refractivity (Wildman–Crippen MR) is 68.1 cm³/mol. The highest BCUT2D eigenvalue weighted by Crippen LogP contribution is 2.24. The molecule has 0 heterocycles. The van der Waals surface area contributed by atoms with Crippen molar-refractivity contribution in [1.29, 1.82) is 0 Å². The predicted octanol–water partition coefficient (Wildman–Crippen LogP) is 1.21. The van der Waals surface area contributed by atoms with Crippen molar-refractivity contribution in [2.75, 3.05) is 0 Å². The summed E-state index contributed by atoms with van der Waals surface area (Å²) >= 11 is 0. The molecule has 0 aliphatic heterocycles. The van der Waals surface area contributed by atoms with Gasteiger partial charge < -0.3 is 19.8 Å². The smallest absolute Gasteiger partial charge is 0.402 e. The topological polar surface area (TPSA) is 69.9 Å². The summed E-state index contributed by atoms with van der Waals surface area (Å²) in [6.45, 7) is 6.23. The Kier molecular flexibility index (Phi) is 6.41. The van der Waals surface area contributed by atoms with Crippen molar-refractivity contribution in [3.05, 3.63) is 36.4 Å². The third-order valence-corrected chi connectivity index (χ3v) is 2.54. The Balaban J connectivity index is 0.000000354. The van der Waals surface area contributed by atoms with Gasteiger partial charge >= 0.3 is 7.32 Å². The molecule has 4 nitrogen and oxygen atoms in total. The van der Waals surface area contributed by atoms with E-state index < -0.39 is 18.5 Å². The minimum Gasteiger partial charge on any atom is -0.402 e. The van der Waals surface area contributed by atoms with Gasteiger partial charge in [0.15, 0.2) is 0 Å². The van der Waals surface area contributed by atoms with Crippen molar-refractivity contribution in [2.45, 2.75) is 38.9 Å². The third kappa shape index (κ3) is 7.12. The molecule has 0 aromatic heterocycles. The van der Waals surface area contributed by atoms with Crippen molar-refractivity contribution >= 4 is 7.32 Å². The summed E-state index contributed by atoms with van der Waals surface area (Å²) < 4.78 is 4.66. The summed E-state index contributed by atoms with van der Waals surface area (Å²) in [6, 6.07) is 12.0. The molecule has 0 atom stereocenters. The van der Waals surface area contributed by atoms with E-state index in [-0.39, 0.29) is 0 Å². The van der Waals surface area contributed by atoms with Gasteiger partial charge in [0.1, 0.15) is 0 Å². The minimum atomic E-state index is -1.85. The van der Waals surface area contributed by atoms with E-state index >= 15 is 0 Å². The number of aliphatic hydroxyl groups is 1. The second-order valence-electron chi connectivity index (χ2n) is 4.67. The van der Waals surface area contributed by atoms with E-state index in [1.807, 2.05) is 36.4 Å². The summed E-state index contributed by atoms with van der Waals surface area (Å²) in [7, 11) is -1.85. The first-order chi connectivity index (χ1) is 7.67. The van der Waals surface area contributed by atoms with Crippen molar-refractivity contribution in [3.63, 3.8) is 0 Å². The normalized spacial score (nSPS) is 11.5. The molecule has 0 amide bonds. The maximum Gasteiger partial charge on any atom is 0.634 e. The van der Waals surface area contributed by atoms with Crippen LogP contribution in [-0.4, -0.2) is 33.7 Å². The van der Waals surface area contributed by atoms with E-state index in [0.29, 0.717) is 0 Å². The Hall–Kier alpha value is -0.875. The first-order valence-electron chi connectivity index (χ1n) is 5.43. The fraction of sp³-hybridized carbons (Fsp3) is 0.500. The molecular weight excluding hydrogens is 219 g/mol. The molecule has 0 bridgehead atoms. The summed E-state index contributed by atoms with van der Waals surface area (Å²) in [5, 5.41) is 26.4. The van der Waals surface area contributed by atoms with Crippen molar-refractivity contribution in [2.24, 2.45) is 0 Å². The lowest BCUT2D eigenvalue weighted by molar-refractivity contribution is -0.109. The highest BCUT2D eigenvalue weighted by molar-refractivity contribution is 6.32. The largest absolute Gasteiger partial charge is 0.634 e. The van der Waals surface area contributed by atoms with Crippen LogP contribution >= 0.6 is 0 Å². The molecule has 0 fully saturated rings. The van der Waals surface area contributed by atoms with Gasteiger partial charge in [0.25, 0.3) is 0 Å². The van der Waals surface area contributed by atoms with Gasteiger partial charge in [-0.25, -0.2) is 0 Å². The average molecular weight is 240 g/mol. The second kappa shape index (κ2) is 6.76. The molecule has 0 aliphatic carbocycles. The molecule has 0 saturated carbocycles. The maximum atomic E-state index is 9.45. The first kappa shape index (κ1) is 16.1.